The van der Waals surface area contributed by atoms with Crippen LogP contribution in [-0.4, -0.2) is 30.9 Å². The van der Waals surface area contributed by atoms with Gasteiger partial charge in [0.05, 0.1) is 9.79 Å². The van der Waals surface area contributed by atoms with Gasteiger partial charge in [-0.05, 0) is 72.5 Å². The summed E-state index contributed by atoms with van der Waals surface area (Å²) in [4.78, 5) is 0.149. The van der Waals surface area contributed by atoms with Gasteiger partial charge in [0.2, 0.25) is 0 Å². The van der Waals surface area contributed by atoms with Gasteiger partial charge in [-0.1, -0.05) is 154 Å². The van der Waals surface area contributed by atoms with E-state index < -0.39 is 43.3 Å². The first-order chi connectivity index (χ1) is 34.7. The van der Waals surface area contributed by atoms with E-state index in [2.05, 4.69) is 38.2 Å². The molecule has 4 aromatic carbocycles. The third-order valence-corrected chi connectivity index (χ3v) is 15.9. The van der Waals surface area contributed by atoms with E-state index in [1.807, 2.05) is 60.7 Å². The predicted octanol–water partition coefficient (Wildman–Crippen LogP) is 16.7. The number of halogens is 4. The average Bonchev–Trinajstić information content (AvgIpc) is 4.17. The summed E-state index contributed by atoms with van der Waals surface area (Å²) >= 11 is 0. The molecule has 396 valence electrons. The zero-order chi connectivity index (χ0) is 52.5. The van der Waals surface area contributed by atoms with Crippen LogP contribution in [0.25, 0.3) is 0 Å². The van der Waals surface area contributed by atoms with Gasteiger partial charge >= 0.3 is 21.7 Å². The van der Waals surface area contributed by atoms with Crippen LogP contribution in [0.2, 0.25) is 0 Å². The van der Waals surface area contributed by atoms with E-state index in [1.165, 1.54) is 130 Å². The van der Waals surface area contributed by atoms with Gasteiger partial charge in [-0.2, -0.15) is 12.2 Å². The van der Waals surface area contributed by atoms with Crippen molar-refractivity contribution >= 4 is 31.4 Å². The third-order valence-electron chi connectivity index (χ3n) is 12.3. The molecule has 0 radical (unpaired) electrons. The molecule has 0 unspecified atom stereocenters. The number of unbranched alkanes of at least 4 members (excludes halogenated alkanes) is 18. The molecule has 0 amide bonds. The normalized spacial score (nSPS) is 12.3. The largest absolute Gasteiger partial charge is 4.00 e. The number of nitrogens with zero attached hydrogens (tertiary/aromatic N) is 2. The second-order valence-corrected chi connectivity index (χ2v) is 22.1. The second-order valence-electron chi connectivity index (χ2n) is 18.1. The van der Waals surface area contributed by atoms with Crippen LogP contribution in [0.3, 0.4) is 0 Å². The fraction of sp³-hybridized carbons (Fsp3) is 0.467. The second kappa shape index (κ2) is 37.5. The summed E-state index contributed by atoms with van der Waals surface area (Å²) in [5, 5.41) is 0. The molecule has 6 rings (SSSR count). The summed E-state index contributed by atoms with van der Waals surface area (Å²) in [6.07, 6.45) is 47.4. The average molecular weight is 1080 g/mol. The van der Waals surface area contributed by atoms with Crippen molar-refractivity contribution in [3.8, 4) is 0 Å². The van der Waals surface area contributed by atoms with Crippen LogP contribution in [0, 0.1) is 47.6 Å². The molecule has 0 fully saturated rings. The van der Waals surface area contributed by atoms with E-state index in [9.17, 15) is 34.4 Å². The summed E-state index contributed by atoms with van der Waals surface area (Å²) in [6, 6.07) is 21.3. The van der Waals surface area contributed by atoms with Crippen molar-refractivity contribution in [2.24, 2.45) is 0 Å². The van der Waals surface area contributed by atoms with Crippen molar-refractivity contribution in [2.75, 3.05) is 22.7 Å². The minimum Gasteiger partial charge on any atom is -0.320 e. The number of aryl methyl sites for hydroxylation is 2. The number of benzene rings is 4. The van der Waals surface area contributed by atoms with Crippen molar-refractivity contribution in [3.63, 3.8) is 0 Å². The quantitative estimate of drug-likeness (QED) is 0.0246. The molecule has 2 aliphatic rings. The number of rotatable bonds is 28. The third kappa shape index (κ3) is 25.2. The molecule has 0 bridgehead atoms. The number of hydrogen-bond donors (Lipinski definition) is 0. The SMILES string of the molecule is CCCCCCCCCCCCc1ccc(S(=O)(=O)N(C)c2ccc(F)[c-]c2F)cc1.CCCCCCCCCCCCc1ccc(S(=O)(=O)N(C)c2ccc(F)[c-]c2F)cc1.[C-]1=CC=CC1.[C-]1=CC=CC1.[Ti+4]. The summed E-state index contributed by atoms with van der Waals surface area (Å²) < 4.78 is 107. The number of sulfonamides is 2. The molecule has 0 spiro atoms. The van der Waals surface area contributed by atoms with Crippen molar-refractivity contribution in [1.29, 1.82) is 0 Å². The summed E-state index contributed by atoms with van der Waals surface area (Å²) in [5.41, 5.74) is 1.69. The smallest absolute Gasteiger partial charge is 0.320 e. The number of allylic oxidation sites excluding steroid dienone is 8. The van der Waals surface area contributed by atoms with Gasteiger partial charge in [0.1, 0.15) is 0 Å². The van der Waals surface area contributed by atoms with Crippen molar-refractivity contribution in [1.82, 2.24) is 0 Å². The molecule has 0 aromatic heterocycles. The fourth-order valence-corrected chi connectivity index (χ4v) is 10.3. The molecule has 2 aliphatic carbocycles. The Morgan fingerprint density at radius 1 is 0.438 bits per heavy atom. The fourth-order valence-electron chi connectivity index (χ4n) is 7.90. The van der Waals surface area contributed by atoms with Gasteiger partial charge in [0, 0.05) is 37.4 Å². The summed E-state index contributed by atoms with van der Waals surface area (Å²) in [5.74, 6) is -3.82. The molecule has 73 heavy (non-hydrogen) atoms. The van der Waals surface area contributed by atoms with Crippen LogP contribution in [0.15, 0.2) is 119 Å². The maximum atomic E-state index is 13.9. The molecule has 0 N–H and O–H groups in total. The molecule has 0 saturated carbocycles. The molecular weight excluding hydrogens is 1000 g/mol. The maximum absolute atomic E-state index is 13.9. The van der Waals surface area contributed by atoms with Gasteiger partial charge in [-0.25, -0.2) is 58.7 Å². The zero-order valence-corrected chi connectivity index (χ0v) is 46.9. The van der Waals surface area contributed by atoms with E-state index in [-0.39, 0.29) is 42.9 Å². The van der Waals surface area contributed by atoms with Gasteiger partial charge in [-0.3, -0.25) is 12.2 Å². The first-order valence-electron chi connectivity index (χ1n) is 26.1. The summed E-state index contributed by atoms with van der Waals surface area (Å²) in [7, 11) is -5.38. The Morgan fingerprint density at radius 3 is 0.986 bits per heavy atom. The van der Waals surface area contributed by atoms with Crippen LogP contribution >= 0.6 is 0 Å². The van der Waals surface area contributed by atoms with Crippen LogP contribution in [0.4, 0.5) is 28.9 Å². The minimum atomic E-state index is -3.94. The van der Waals surface area contributed by atoms with Crippen LogP contribution in [0.1, 0.15) is 166 Å². The number of anilines is 2. The maximum Gasteiger partial charge on any atom is 4.00 e. The van der Waals surface area contributed by atoms with Gasteiger partial charge in [-0.15, -0.1) is 49.2 Å². The molecular formula is C60H78F4N2O4S2Ti. The van der Waals surface area contributed by atoms with Crippen molar-refractivity contribution < 1.29 is 56.1 Å². The Morgan fingerprint density at radius 2 is 0.740 bits per heavy atom. The first-order valence-corrected chi connectivity index (χ1v) is 28.9. The topological polar surface area (TPSA) is 74.8 Å². The van der Waals surface area contributed by atoms with E-state index >= 15 is 0 Å². The Balaban J connectivity index is 0.000000412. The Bertz CT molecular complexity index is 2290. The molecule has 0 aliphatic heterocycles. The van der Waals surface area contributed by atoms with Crippen molar-refractivity contribution in [2.45, 2.75) is 178 Å². The molecule has 4 aromatic rings. The molecule has 0 saturated heterocycles. The van der Waals surface area contributed by atoms with E-state index in [4.69, 9.17) is 0 Å². The Labute approximate surface area is 453 Å². The monoisotopic (exact) mass is 1080 g/mol. The van der Waals surface area contributed by atoms with E-state index in [1.54, 1.807) is 24.3 Å². The van der Waals surface area contributed by atoms with Gasteiger partial charge < -0.3 is 8.61 Å². The molecule has 0 heterocycles. The van der Waals surface area contributed by atoms with Gasteiger partial charge in [0.25, 0.3) is 20.0 Å². The Hall–Kier alpha value is -4.23. The van der Waals surface area contributed by atoms with Crippen molar-refractivity contribution in [3.05, 3.63) is 168 Å². The molecule has 6 nitrogen and oxygen atoms in total. The predicted molar refractivity (Wildman–Crippen MR) is 289 cm³/mol. The first kappa shape index (κ1) is 64.9. The zero-order valence-electron chi connectivity index (χ0n) is 43.7. The van der Waals surface area contributed by atoms with Gasteiger partial charge in [0.15, 0.2) is 0 Å². The van der Waals surface area contributed by atoms with E-state index in [0.717, 1.165) is 82.5 Å². The molecule has 0 atom stereocenters. The van der Waals surface area contributed by atoms with E-state index in [0.29, 0.717) is 0 Å². The van der Waals surface area contributed by atoms with Crippen LogP contribution < -0.4 is 8.61 Å². The van der Waals surface area contributed by atoms with Crippen LogP contribution in [0.5, 0.6) is 0 Å². The summed E-state index contributed by atoms with van der Waals surface area (Å²) in [6.45, 7) is 4.47. The minimum absolute atomic E-state index is 0. The standard InChI is InChI=1S/2C25H34F2NO2S.2C5H5.Ti/c2*1-3-4-5-6-7-8-9-10-11-12-13-21-14-17-23(18-15-21)31(29,30)28(2)25-19-16-22(26)20-24(25)27;2*1-2-4-5-3-1;/h2*14-19H,3-13H2,1-2H3;2*1-3H,4H2;/q4*-1;+4. The number of hydrogen-bond acceptors (Lipinski definition) is 4. The molecule has 13 heteroatoms. The Kier molecular flexibility index (Phi) is 33.3. The van der Waals surface area contributed by atoms with Crippen LogP contribution in [-0.2, 0) is 54.6 Å².